The van der Waals surface area contributed by atoms with E-state index in [1.54, 1.807) is 0 Å². The number of amides is 1. The van der Waals surface area contributed by atoms with Crippen molar-refractivity contribution >= 4 is 6.09 Å². The van der Waals surface area contributed by atoms with Gasteiger partial charge >= 0.3 is 6.09 Å². The van der Waals surface area contributed by atoms with Gasteiger partial charge in [0.15, 0.2) is 0 Å². The Hall–Kier alpha value is -1.59. The summed E-state index contributed by atoms with van der Waals surface area (Å²) in [5, 5.41) is 20.2. The topological polar surface area (TPSA) is 70.0 Å². The van der Waals surface area contributed by atoms with Gasteiger partial charge in [-0.2, -0.15) is 0 Å². The number of carboxylic acid groups (broad SMARTS) is 1. The van der Waals surface area contributed by atoms with Crippen LogP contribution in [0.15, 0.2) is 30.3 Å². The second-order valence-corrected chi connectivity index (χ2v) is 6.51. The number of hydrogen-bond acceptors (Lipinski definition) is 3. The maximum absolute atomic E-state index is 11.3. The van der Waals surface area contributed by atoms with Crippen LogP contribution in [0.3, 0.4) is 0 Å². The lowest BCUT2D eigenvalue weighted by Crippen LogP contribution is -2.62. The average molecular weight is 293 g/mol. The molecule has 1 aliphatic heterocycles. The highest BCUT2D eigenvalue weighted by atomic mass is 16.5. The van der Waals surface area contributed by atoms with Crippen LogP contribution in [0.4, 0.5) is 4.79 Å². The van der Waals surface area contributed by atoms with Crippen LogP contribution in [0.1, 0.15) is 32.4 Å². The number of ether oxygens (including phenoxy) is 1. The Labute approximate surface area is 125 Å². The molecule has 0 radical (unpaired) electrons. The lowest BCUT2D eigenvalue weighted by molar-refractivity contribution is -0.213. The van der Waals surface area contributed by atoms with E-state index in [1.165, 1.54) is 4.90 Å². The highest BCUT2D eigenvalue weighted by Crippen LogP contribution is 2.45. The van der Waals surface area contributed by atoms with Gasteiger partial charge in [-0.1, -0.05) is 51.1 Å². The molecule has 1 fully saturated rings. The fraction of sp³-hybridized carbons (Fsp3) is 0.562. The largest absolute Gasteiger partial charge is 0.465 e. The predicted octanol–water partition coefficient (Wildman–Crippen LogP) is 2.52. The van der Waals surface area contributed by atoms with E-state index in [0.29, 0.717) is 6.54 Å². The van der Waals surface area contributed by atoms with Gasteiger partial charge in [0.05, 0.1) is 13.2 Å². The molecule has 2 rings (SSSR count). The summed E-state index contributed by atoms with van der Waals surface area (Å²) in [4.78, 5) is 12.6. The summed E-state index contributed by atoms with van der Waals surface area (Å²) in [5.74, 6) is 0. The van der Waals surface area contributed by atoms with E-state index in [4.69, 9.17) is 4.74 Å². The van der Waals surface area contributed by atoms with E-state index < -0.39 is 23.2 Å². The molecule has 21 heavy (non-hydrogen) atoms. The highest BCUT2D eigenvalue weighted by Gasteiger charge is 2.53. The highest BCUT2D eigenvalue weighted by molar-refractivity contribution is 5.65. The number of nitrogens with zero attached hydrogens (tertiary/aromatic N) is 1. The zero-order valence-electron chi connectivity index (χ0n) is 12.7. The molecule has 0 spiro atoms. The van der Waals surface area contributed by atoms with Crippen molar-refractivity contribution in [3.05, 3.63) is 35.9 Å². The zero-order valence-corrected chi connectivity index (χ0v) is 12.7. The molecule has 1 heterocycles. The average Bonchev–Trinajstić information content (AvgIpc) is 2.46. The van der Waals surface area contributed by atoms with Crippen molar-refractivity contribution in [1.29, 1.82) is 0 Å². The molecule has 1 aromatic carbocycles. The molecule has 116 valence electrons. The molecular formula is C16H23NO4. The molecule has 2 N–H and O–H groups in total. The lowest BCUT2D eigenvalue weighted by Gasteiger charge is -2.52. The maximum atomic E-state index is 11.3. The minimum absolute atomic E-state index is 0.155. The van der Waals surface area contributed by atoms with Gasteiger partial charge in [-0.05, 0) is 11.0 Å². The Bertz CT molecular complexity index is 497. The summed E-state index contributed by atoms with van der Waals surface area (Å²) in [6.07, 6.45) is -1.87. The van der Waals surface area contributed by atoms with Crippen LogP contribution in [0.2, 0.25) is 0 Å². The Kier molecular flexibility index (Phi) is 4.25. The maximum Gasteiger partial charge on any atom is 0.407 e. The minimum Gasteiger partial charge on any atom is -0.465 e. The molecule has 5 nitrogen and oxygen atoms in total. The number of aliphatic hydroxyl groups excluding tert-OH is 1. The van der Waals surface area contributed by atoms with Crippen LogP contribution in [0.5, 0.6) is 0 Å². The summed E-state index contributed by atoms with van der Waals surface area (Å²) in [7, 11) is 0. The first-order chi connectivity index (χ1) is 9.78. The third kappa shape index (κ3) is 2.89. The monoisotopic (exact) mass is 293 g/mol. The van der Waals surface area contributed by atoms with Gasteiger partial charge in [0.1, 0.15) is 11.7 Å². The number of rotatable bonds is 2. The first-order valence-corrected chi connectivity index (χ1v) is 7.13. The van der Waals surface area contributed by atoms with Crippen molar-refractivity contribution in [1.82, 2.24) is 4.90 Å². The fourth-order valence-electron chi connectivity index (χ4n) is 2.84. The summed E-state index contributed by atoms with van der Waals surface area (Å²) < 4.78 is 5.97. The molecule has 0 unspecified atom stereocenters. The van der Waals surface area contributed by atoms with Crippen LogP contribution in [0.25, 0.3) is 0 Å². The number of aliphatic hydroxyl groups is 1. The van der Waals surface area contributed by atoms with Crippen molar-refractivity contribution in [2.24, 2.45) is 5.41 Å². The zero-order chi connectivity index (χ0) is 15.7. The van der Waals surface area contributed by atoms with E-state index in [1.807, 2.05) is 51.1 Å². The van der Waals surface area contributed by atoms with Crippen LogP contribution >= 0.6 is 0 Å². The number of hydrogen-bond donors (Lipinski definition) is 2. The SMILES string of the molecule is CC(C)(C)[C@@]1([C@H](O)c2ccccc2)CN(C(=O)O)CCO1. The lowest BCUT2D eigenvalue weighted by atomic mass is 9.70. The Morgan fingerprint density at radius 3 is 2.48 bits per heavy atom. The summed E-state index contributed by atoms with van der Waals surface area (Å²) >= 11 is 0. The van der Waals surface area contributed by atoms with Gasteiger partial charge in [-0.3, -0.25) is 0 Å². The van der Waals surface area contributed by atoms with Gasteiger partial charge in [-0.15, -0.1) is 0 Å². The quantitative estimate of drug-likeness (QED) is 0.879. The Morgan fingerprint density at radius 2 is 1.95 bits per heavy atom. The normalized spacial score (nSPS) is 24.7. The van der Waals surface area contributed by atoms with Crippen LogP contribution in [-0.4, -0.2) is 46.5 Å². The second-order valence-electron chi connectivity index (χ2n) is 6.51. The van der Waals surface area contributed by atoms with Crippen LogP contribution < -0.4 is 0 Å². The fourth-order valence-corrected chi connectivity index (χ4v) is 2.84. The molecule has 0 aliphatic carbocycles. The van der Waals surface area contributed by atoms with Gasteiger partial charge in [0.2, 0.25) is 0 Å². The van der Waals surface area contributed by atoms with Crippen LogP contribution in [0, 0.1) is 5.41 Å². The summed E-state index contributed by atoms with van der Waals surface area (Å²) in [6, 6.07) is 9.26. The van der Waals surface area contributed by atoms with Gasteiger partial charge < -0.3 is 19.8 Å². The van der Waals surface area contributed by atoms with Gasteiger partial charge in [-0.25, -0.2) is 4.79 Å². The van der Waals surface area contributed by atoms with E-state index >= 15 is 0 Å². The van der Waals surface area contributed by atoms with Crippen molar-refractivity contribution in [3.8, 4) is 0 Å². The van der Waals surface area contributed by atoms with E-state index in [2.05, 4.69) is 0 Å². The first-order valence-electron chi connectivity index (χ1n) is 7.13. The molecule has 0 aromatic heterocycles. The summed E-state index contributed by atoms with van der Waals surface area (Å²) in [6.45, 7) is 6.66. The number of morpholine rings is 1. The van der Waals surface area contributed by atoms with Crippen molar-refractivity contribution in [2.45, 2.75) is 32.5 Å². The molecule has 5 heteroatoms. The van der Waals surface area contributed by atoms with Crippen LogP contribution in [-0.2, 0) is 4.74 Å². The number of benzene rings is 1. The van der Waals surface area contributed by atoms with E-state index in [0.717, 1.165) is 5.56 Å². The molecule has 1 aromatic rings. The van der Waals surface area contributed by atoms with E-state index in [-0.39, 0.29) is 13.2 Å². The molecule has 2 atom stereocenters. The molecule has 1 saturated heterocycles. The molecular weight excluding hydrogens is 270 g/mol. The Morgan fingerprint density at radius 1 is 1.33 bits per heavy atom. The standard InChI is InChI=1S/C16H23NO4/c1-15(2,3)16(11-17(14(19)20)9-10-21-16)13(18)12-7-5-4-6-8-12/h4-8,13,18H,9-11H2,1-3H3,(H,19,20)/t13-,16+/m1/s1. The van der Waals surface area contributed by atoms with Gasteiger partial charge in [0, 0.05) is 6.54 Å². The van der Waals surface area contributed by atoms with Crippen molar-refractivity contribution < 1.29 is 19.7 Å². The molecule has 0 saturated carbocycles. The second kappa shape index (κ2) is 5.66. The van der Waals surface area contributed by atoms with Crippen molar-refractivity contribution in [3.63, 3.8) is 0 Å². The van der Waals surface area contributed by atoms with Crippen molar-refractivity contribution in [2.75, 3.05) is 19.7 Å². The minimum atomic E-state index is -0.979. The third-order valence-electron chi connectivity index (χ3n) is 4.24. The molecule has 1 aliphatic rings. The first kappa shape index (κ1) is 15.8. The van der Waals surface area contributed by atoms with Gasteiger partial charge in [0.25, 0.3) is 0 Å². The van der Waals surface area contributed by atoms with E-state index in [9.17, 15) is 15.0 Å². The third-order valence-corrected chi connectivity index (χ3v) is 4.24. The molecule has 1 amide bonds. The Balaban J connectivity index is 2.41. The summed E-state index contributed by atoms with van der Waals surface area (Å²) in [5.41, 5.74) is -0.652. The predicted molar refractivity (Wildman–Crippen MR) is 79.1 cm³/mol. The number of carbonyl (C=O) groups is 1. The molecule has 0 bridgehead atoms. The smallest absolute Gasteiger partial charge is 0.407 e.